The number of hydrogen-bond donors (Lipinski definition) is 0. The molecule has 1 aromatic carbocycles. The molecule has 0 aromatic heterocycles. The number of halogens is 6. The van der Waals surface area contributed by atoms with Gasteiger partial charge in [-0.1, -0.05) is 15.9 Å². The molecule has 0 nitrogen and oxygen atoms in total. The van der Waals surface area contributed by atoms with Gasteiger partial charge in [-0.05, 0) is 30.2 Å². The maximum absolute atomic E-state index is 12.5. The van der Waals surface area contributed by atoms with Gasteiger partial charge in [0.1, 0.15) is 4.33 Å². The van der Waals surface area contributed by atoms with Crippen molar-refractivity contribution in [2.24, 2.45) is 0 Å². The minimum Gasteiger partial charge on any atom is -0.166 e. The lowest BCUT2D eigenvalue weighted by Crippen LogP contribution is -2.06. The van der Waals surface area contributed by atoms with E-state index in [1.54, 1.807) is 6.07 Å². The zero-order valence-corrected chi connectivity index (χ0v) is 10.9. The summed E-state index contributed by atoms with van der Waals surface area (Å²) < 4.78 is 37.1. The Kier molecular flexibility index (Phi) is 2.96. The molecule has 1 aliphatic rings. The summed E-state index contributed by atoms with van der Waals surface area (Å²) in [7, 11) is 0. The quantitative estimate of drug-likeness (QED) is 0.625. The maximum Gasteiger partial charge on any atom is 0.416 e. The molecule has 1 aromatic rings. The highest BCUT2D eigenvalue weighted by molar-refractivity contribution is 9.10. The molecule has 1 unspecified atom stereocenters. The minimum atomic E-state index is -4.35. The van der Waals surface area contributed by atoms with Crippen LogP contribution in [0.2, 0.25) is 0 Å². The van der Waals surface area contributed by atoms with Crippen molar-refractivity contribution in [2.75, 3.05) is 0 Å². The summed E-state index contributed by atoms with van der Waals surface area (Å²) in [4.78, 5) is 0. The smallest absolute Gasteiger partial charge is 0.166 e. The van der Waals surface area contributed by atoms with Crippen molar-refractivity contribution >= 4 is 39.1 Å². The molecule has 0 heterocycles. The first-order chi connectivity index (χ1) is 7.20. The summed E-state index contributed by atoms with van der Waals surface area (Å²) >= 11 is 14.7. The fourth-order valence-electron chi connectivity index (χ4n) is 1.55. The van der Waals surface area contributed by atoms with Crippen LogP contribution in [0.5, 0.6) is 0 Å². The Balaban J connectivity index is 2.38. The first-order valence-corrected chi connectivity index (χ1v) is 6.00. The van der Waals surface area contributed by atoms with Crippen LogP contribution in [-0.2, 0) is 6.18 Å². The molecule has 2 rings (SSSR count). The number of alkyl halides is 5. The normalized spacial score (nSPS) is 23.2. The Morgan fingerprint density at radius 3 is 2.25 bits per heavy atom. The van der Waals surface area contributed by atoms with Gasteiger partial charge in [0.15, 0.2) is 0 Å². The molecule has 0 bridgehead atoms. The molecule has 0 N–H and O–H groups in total. The van der Waals surface area contributed by atoms with E-state index in [-0.39, 0.29) is 5.92 Å². The van der Waals surface area contributed by atoms with E-state index < -0.39 is 16.1 Å². The Bertz CT molecular complexity index is 429. The van der Waals surface area contributed by atoms with Gasteiger partial charge >= 0.3 is 6.18 Å². The van der Waals surface area contributed by atoms with Gasteiger partial charge in [-0.3, -0.25) is 0 Å². The molecule has 1 fully saturated rings. The number of benzene rings is 1. The van der Waals surface area contributed by atoms with Crippen molar-refractivity contribution in [1.82, 2.24) is 0 Å². The van der Waals surface area contributed by atoms with Crippen molar-refractivity contribution < 1.29 is 13.2 Å². The van der Waals surface area contributed by atoms with Crippen LogP contribution in [0, 0.1) is 0 Å². The Morgan fingerprint density at radius 2 is 1.81 bits per heavy atom. The highest BCUT2D eigenvalue weighted by atomic mass is 79.9. The second-order valence-electron chi connectivity index (χ2n) is 3.79. The van der Waals surface area contributed by atoms with E-state index in [1.165, 1.54) is 0 Å². The number of rotatable bonds is 1. The Hall–Kier alpha value is 0.0700. The van der Waals surface area contributed by atoms with Crippen LogP contribution in [0.3, 0.4) is 0 Å². The molecule has 0 amide bonds. The van der Waals surface area contributed by atoms with Crippen molar-refractivity contribution in [3.63, 3.8) is 0 Å². The fourth-order valence-corrected chi connectivity index (χ4v) is 2.62. The van der Waals surface area contributed by atoms with Crippen molar-refractivity contribution in [1.29, 1.82) is 0 Å². The lowest BCUT2D eigenvalue weighted by Gasteiger charge is -2.10. The predicted octanol–water partition coefficient (Wildman–Crippen LogP) is 5.13. The van der Waals surface area contributed by atoms with Gasteiger partial charge in [0.25, 0.3) is 0 Å². The molecular formula is C10H6BrCl2F3. The molecule has 1 atom stereocenters. The van der Waals surface area contributed by atoms with E-state index in [0.29, 0.717) is 16.5 Å². The van der Waals surface area contributed by atoms with E-state index in [2.05, 4.69) is 15.9 Å². The summed E-state index contributed by atoms with van der Waals surface area (Å²) in [5.41, 5.74) is -0.167. The fraction of sp³-hybridized carbons (Fsp3) is 0.400. The molecule has 1 saturated carbocycles. The SMILES string of the molecule is FC(F)(F)c1cc(Br)cc(C2CC2(Cl)Cl)c1. The van der Waals surface area contributed by atoms with Gasteiger partial charge in [-0.25, -0.2) is 0 Å². The van der Waals surface area contributed by atoms with Crippen LogP contribution < -0.4 is 0 Å². The second kappa shape index (κ2) is 3.79. The van der Waals surface area contributed by atoms with Crippen molar-refractivity contribution in [3.8, 4) is 0 Å². The zero-order chi connectivity index (χ0) is 12.1. The highest BCUT2D eigenvalue weighted by Gasteiger charge is 2.52. The van der Waals surface area contributed by atoms with Gasteiger partial charge in [0, 0.05) is 10.4 Å². The van der Waals surface area contributed by atoms with Crippen LogP contribution in [0.1, 0.15) is 23.5 Å². The van der Waals surface area contributed by atoms with E-state index in [0.717, 1.165) is 12.1 Å². The van der Waals surface area contributed by atoms with E-state index in [4.69, 9.17) is 23.2 Å². The van der Waals surface area contributed by atoms with Gasteiger partial charge in [0.2, 0.25) is 0 Å². The molecule has 0 spiro atoms. The topological polar surface area (TPSA) is 0 Å². The predicted molar refractivity (Wildman–Crippen MR) is 60.9 cm³/mol. The molecule has 0 radical (unpaired) electrons. The van der Waals surface area contributed by atoms with E-state index >= 15 is 0 Å². The zero-order valence-electron chi connectivity index (χ0n) is 7.78. The highest BCUT2D eigenvalue weighted by Crippen LogP contribution is 2.60. The Labute approximate surface area is 109 Å². The van der Waals surface area contributed by atoms with Gasteiger partial charge < -0.3 is 0 Å². The molecule has 1 aliphatic carbocycles. The summed E-state index contributed by atoms with van der Waals surface area (Å²) in [5, 5.41) is 0. The third kappa shape index (κ3) is 2.49. The average Bonchev–Trinajstić information content (AvgIpc) is 2.72. The van der Waals surface area contributed by atoms with E-state index in [9.17, 15) is 13.2 Å². The third-order valence-electron chi connectivity index (χ3n) is 2.48. The summed E-state index contributed by atoms with van der Waals surface area (Å²) in [6.07, 6.45) is -3.86. The molecule has 16 heavy (non-hydrogen) atoms. The first kappa shape index (κ1) is 12.5. The summed E-state index contributed by atoms with van der Waals surface area (Å²) in [6.45, 7) is 0. The minimum absolute atomic E-state index is 0.213. The van der Waals surface area contributed by atoms with Gasteiger partial charge in [0.05, 0.1) is 5.56 Å². The standard InChI is InChI=1S/C10H6BrCl2F3/c11-7-2-5(8-4-9(8,12)13)1-6(3-7)10(14,15)16/h1-3,8H,4H2. The first-order valence-electron chi connectivity index (χ1n) is 4.46. The largest absolute Gasteiger partial charge is 0.416 e. The summed E-state index contributed by atoms with van der Waals surface area (Å²) in [6, 6.07) is 3.75. The van der Waals surface area contributed by atoms with Crippen LogP contribution in [0.15, 0.2) is 22.7 Å². The van der Waals surface area contributed by atoms with Crippen molar-refractivity contribution in [2.45, 2.75) is 22.8 Å². The van der Waals surface area contributed by atoms with Gasteiger partial charge in [-0.2, -0.15) is 13.2 Å². The van der Waals surface area contributed by atoms with Crippen LogP contribution in [0.4, 0.5) is 13.2 Å². The second-order valence-corrected chi connectivity index (χ2v) is 6.25. The maximum atomic E-state index is 12.5. The van der Waals surface area contributed by atoms with Crippen molar-refractivity contribution in [3.05, 3.63) is 33.8 Å². The van der Waals surface area contributed by atoms with Crippen LogP contribution in [-0.4, -0.2) is 4.33 Å². The lowest BCUT2D eigenvalue weighted by atomic mass is 10.1. The monoisotopic (exact) mass is 332 g/mol. The average molecular weight is 334 g/mol. The molecule has 6 heteroatoms. The number of hydrogen-bond acceptors (Lipinski definition) is 0. The molecule has 88 valence electrons. The van der Waals surface area contributed by atoms with Gasteiger partial charge in [-0.15, -0.1) is 23.2 Å². The van der Waals surface area contributed by atoms with E-state index in [1.807, 2.05) is 0 Å². The van der Waals surface area contributed by atoms with Crippen LogP contribution in [0.25, 0.3) is 0 Å². The summed E-state index contributed by atoms with van der Waals surface area (Å²) in [5.74, 6) is -0.213. The molecular weight excluding hydrogens is 328 g/mol. The lowest BCUT2D eigenvalue weighted by molar-refractivity contribution is -0.137. The molecule has 0 saturated heterocycles. The van der Waals surface area contributed by atoms with Crippen LogP contribution >= 0.6 is 39.1 Å². The molecule has 0 aliphatic heterocycles. The third-order valence-corrected chi connectivity index (χ3v) is 3.77. The Morgan fingerprint density at radius 1 is 1.25 bits per heavy atom.